The summed E-state index contributed by atoms with van der Waals surface area (Å²) in [5, 5.41) is 4.08. The molecule has 0 aliphatic carbocycles. The van der Waals surface area contributed by atoms with Gasteiger partial charge in [0.15, 0.2) is 11.5 Å². The van der Waals surface area contributed by atoms with Crippen LogP contribution in [-0.4, -0.2) is 26.0 Å². The first-order chi connectivity index (χ1) is 16.3. The van der Waals surface area contributed by atoms with Gasteiger partial charge in [-0.05, 0) is 65.1 Å². The van der Waals surface area contributed by atoms with Gasteiger partial charge in [-0.2, -0.15) is 5.10 Å². The van der Waals surface area contributed by atoms with Crippen LogP contribution in [0.2, 0.25) is 0 Å². The fraction of sp³-hybridized carbons (Fsp3) is 0.259. The normalized spacial score (nSPS) is 12.6. The van der Waals surface area contributed by atoms with Crippen LogP contribution in [0.15, 0.2) is 65.8 Å². The van der Waals surface area contributed by atoms with Gasteiger partial charge >= 0.3 is 0 Å². The van der Waals surface area contributed by atoms with Gasteiger partial charge in [-0.25, -0.2) is 5.43 Å². The standard InChI is InChI=1S/C27H28N2O5/c1-27(2,3)21-7-9-22(10-8-21)32-16-20-13-18(5-11-23(20)31-4)15-28-29-26(30)19-6-12-24-25(14-19)34-17-33-24/h5-15H,16-17H2,1-4H3,(H,29,30)/b28-15+. The van der Waals surface area contributed by atoms with Gasteiger partial charge in [-0.3, -0.25) is 4.79 Å². The second-order valence-electron chi connectivity index (χ2n) is 8.90. The fourth-order valence-corrected chi connectivity index (χ4v) is 3.47. The van der Waals surface area contributed by atoms with E-state index in [1.807, 2.05) is 30.3 Å². The lowest BCUT2D eigenvalue weighted by Gasteiger charge is -2.19. The van der Waals surface area contributed by atoms with E-state index in [0.717, 1.165) is 16.9 Å². The van der Waals surface area contributed by atoms with Crippen molar-refractivity contribution in [2.45, 2.75) is 32.8 Å². The molecule has 176 valence electrons. The summed E-state index contributed by atoms with van der Waals surface area (Å²) >= 11 is 0. The maximum Gasteiger partial charge on any atom is 0.271 e. The van der Waals surface area contributed by atoms with E-state index in [4.69, 9.17) is 18.9 Å². The zero-order valence-corrected chi connectivity index (χ0v) is 19.8. The molecule has 1 aliphatic rings. The number of carbonyl (C=O) groups is 1. The summed E-state index contributed by atoms with van der Waals surface area (Å²) in [5.41, 5.74) is 5.97. The minimum Gasteiger partial charge on any atom is -0.496 e. The Morgan fingerprint density at radius 3 is 2.53 bits per heavy atom. The lowest BCUT2D eigenvalue weighted by atomic mass is 9.87. The number of rotatable bonds is 7. The van der Waals surface area contributed by atoms with Crippen molar-refractivity contribution >= 4 is 12.1 Å². The number of ether oxygens (including phenoxy) is 4. The molecule has 0 fully saturated rings. The first-order valence-electron chi connectivity index (χ1n) is 11.0. The molecule has 1 amide bonds. The summed E-state index contributed by atoms with van der Waals surface area (Å²) in [6, 6.07) is 18.7. The van der Waals surface area contributed by atoms with Crippen LogP contribution in [0.25, 0.3) is 0 Å². The number of carbonyl (C=O) groups excluding carboxylic acids is 1. The average Bonchev–Trinajstić information content (AvgIpc) is 3.30. The largest absolute Gasteiger partial charge is 0.496 e. The number of amides is 1. The van der Waals surface area contributed by atoms with E-state index in [9.17, 15) is 4.79 Å². The third kappa shape index (κ3) is 5.49. The van der Waals surface area contributed by atoms with Gasteiger partial charge in [0.2, 0.25) is 6.79 Å². The molecule has 0 saturated carbocycles. The van der Waals surface area contributed by atoms with E-state index in [0.29, 0.717) is 29.4 Å². The number of methoxy groups -OCH3 is 1. The van der Waals surface area contributed by atoms with Crippen LogP contribution >= 0.6 is 0 Å². The highest BCUT2D eigenvalue weighted by molar-refractivity contribution is 5.95. The van der Waals surface area contributed by atoms with Crippen molar-refractivity contribution in [3.05, 3.63) is 82.9 Å². The van der Waals surface area contributed by atoms with Crippen LogP contribution in [-0.2, 0) is 12.0 Å². The van der Waals surface area contributed by atoms with Crippen LogP contribution in [0.5, 0.6) is 23.0 Å². The Morgan fingerprint density at radius 2 is 1.79 bits per heavy atom. The molecule has 3 aromatic rings. The minimum absolute atomic E-state index is 0.0908. The molecule has 1 heterocycles. The first kappa shape index (κ1) is 23.2. The van der Waals surface area contributed by atoms with Gasteiger partial charge in [0, 0.05) is 11.1 Å². The van der Waals surface area contributed by atoms with Crippen LogP contribution in [0, 0.1) is 0 Å². The molecule has 0 bridgehead atoms. The molecule has 4 rings (SSSR count). The molecule has 7 heteroatoms. The predicted octanol–water partition coefficient (Wildman–Crippen LogP) is 5.06. The predicted molar refractivity (Wildman–Crippen MR) is 130 cm³/mol. The van der Waals surface area contributed by atoms with Crippen LogP contribution in [0.3, 0.4) is 0 Å². The van der Waals surface area contributed by atoms with E-state index in [1.165, 1.54) is 5.56 Å². The molecule has 1 N–H and O–H groups in total. The maximum absolute atomic E-state index is 12.4. The summed E-state index contributed by atoms with van der Waals surface area (Å²) in [7, 11) is 1.62. The van der Waals surface area contributed by atoms with Gasteiger partial charge in [-0.15, -0.1) is 0 Å². The monoisotopic (exact) mass is 460 g/mol. The Kier molecular flexibility index (Phi) is 6.72. The second-order valence-corrected chi connectivity index (χ2v) is 8.90. The Morgan fingerprint density at radius 1 is 1.03 bits per heavy atom. The quantitative estimate of drug-likeness (QED) is 0.394. The van der Waals surface area contributed by atoms with Crippen LogP contribution < -0.4 is 24.4 Å². The van der Waals surface area contributed by atoms with Gasteiger partial charge in [0.25, 0.3) is 5.91 Å². The van der Waals surface area contributed by atoms with Crippen molar-refractivity contribution in [3.63, 3.8) is 0 Å². The van der Waals surface area contributed by atoms with E-state index < -0.39 is 0 Å². The van der Waals surface area contributed by atoms with Crippen molar-refractivity contribution in [3.8, 4) is 23.0 Å². The number of benzene rings is 3. The summed E-state index contributed by atoms with van der Waals surface area (Å²) in [5.74, 6) is 2.32. The topological polar surface area (TPSA) is 78.4 Å². The molecular weight excluding hydrogens is 432 g/mol. The Balaban J connectivity index is 1.39. The Labute approximate surface area is 199 Å². The number of hydrazone groups is 1. The molecule has 0 saturated heterocycles. The zero-order valence-electron chi connectivity index (χ0n) is 19.8. The SMILES string of the molecule is COc1ccc(/C=N/NC(=O)c2ccc3c(c2)OCO3)cc1COc1ccc(C(C)(C)C)cc1. The number of nitrogens with one attached hydrogen (secondary N) is 1. The molecule has 0 unspecified atom stereocenters. The molecule has 0 atom stereocenters. The van der Waals surface area contributed by atoms with Gasteiger partial charge in [-0.1, -0.05) is 32.9 Å². The summed E-state index contributed by atoms with van der Waals surface area (Å²) in [4.78, 5) is 12.4. The molecule has 3 aromatic carbocycles. The number of hydrogen-bond donors (Lipinski definition) is 1. The van der Waals surface area contributed by atoms with Crippen molar-refractivity contribution < 1.29 is 23.7 Å². The highest BCUT2D eigenvalue weighted by Gasteiger charge is 2.16. The third-order valence-electron chi connectivity index (χ3n) is 5.43. The van der Waals surface area contributed by atoms with Crippen molar-refractivity contribution in [1.29, 1.82) is 0 Å². The summed E-state index contributed by atoms with van der Waals surface area (Å²) in [6.45, 7) is 7.03. The van der Waals surface area contributed by atoms with Gasteiger partial charge in [0.05, 0.1) is 13.3 Å². The lowest BCUT2D eigenvalue weighted by molar-refractivity contribution is 0.0954. The maximum atomic E-state index is 12.4. The van der Waals surface area contributed by atoms with Crippen LogP contribution in [0.1, 0.15) is 47.8 Å². The van der Waals surface area contributed by atoms with E-state index >= 15 is 0 Å². The number of nitrogens with zero attached hydrogens (tertiary/aromatic N) is 1. The minimum atomic E-state index is -0.342. The van der Waals surface area contributed by atoms with Crippen molar-refractivity contribution in [1.82, 2.24) is 5.43 Å². The molecule has 0 radical (unpaired) electrons. The third-order valence-corrected chi connectivity index (χ3v) is 5.43. The fourth-order valence-electron chi connectivity index (χ4n) is 3.47. The average molecular weight is 461 g/mol. The van der Waals surface area contributed by atoms with Crippen molar-refractivity contribution in [2.75, 3.05) is 13.9 Å². The van der Waals surface area contributed by atoms with Crippen LogP contribution in [0.4, 0.5) is 0 Å². The molecule has 34 heavy (non-hydrogen) atoms. The zero-order chi connectivity index (χ0) is 24.1. The van der Waals surface area contributed by atoms with Gasteiger partial charge in [0.1, 0.15) is 18.1 Å². The smallest absolute Gasteiger partial charge is 0.271 e. The molecular formula is C27H28N2O5. The molecule has 1 aliphatic heterocycles. The second kappa shape index (κ2) is 9.87. The summed E-state index contributed by atoms with van der Waals surface area (Å²) < 4.78 is 22.0. The highest BCUT2D eigenvalue weighted by Crippen LogP contribution is 2.32. The Hall–Kier alpha value is -4.00. The van der Waals surface area contributed by atoms with Crippen molar-refractivity contribution in [2.24, 2.45) is 5.10 Å². The highest BCUT2D eigenvalue weighted by atomic mass is 16.7. The molecule has 0 spiro atoms. The summed E-state index contributed by atoms with van der Waals surface area (Å²) in [6.07, 6.45) is 1.58. The Bertz CT molecular complexity index is 1200. The lowest BCUT2D eigenvalue weighted by Crippen LogP contribution is -2.17. The van der Waals surface area contributed by atoms with E-state index in [-0.39, 0.29) is 18.1 Å². The van der Waals surface area contributed by atoms with E-state index in [1.54, 1.807) is 31.5 Å². The van der Waals surface area contributed by atoms with Gasteiger partial charge < -0.3 is 18.9 Å². The number of fused-ring (bicyclic) bond motifs is 1. The van der Waals surface area contributed by atoms with E-state index in [2.05, 4.69) is 43.4 Å². The molecule has 0 aromatic heterocycles. The first-order valence-corrected chi connectivity index (χ1v) is 11.0. The molecule has 7 nitrogen and oxygen atoms in total. The number of hydrogen-bond acceptors (Lipinski definition) is 6.